The molecule has 2 rings (SSSR count). The number of aromatic nitrogens is 2. The molecule has 0 saturated heterocycles. The van der Waals surface area contributed by atoms with E-state index in [0.717, 1.165) is 12.4 Å². The molecule has 102 valence electrons. The van der Waals surface area contributed by atoms with Crippen LogP contribution in [0.3, 0.4) is 0 Å². The van der Waals surface area contributed by atoms with Gasteiger partial charge in [-0.05, 0) is 17.7 Å². The van der Waals surface area contributed by atoms with Crippen molar-refractivity contribution >= 4 is 11.6 Å². The predicted molar refractivity (Wildman–Crippen MR) is 65.9 cm³/mol. The Morgan fingerprint density at radius 2 is 2.11 bits per heavy atom. The van der Waals surface area contributed by atoms with Gasteiger partial charge < -0.3 is 5.73 Å². The smallest absolute Gasteiger partial charge is 0.328 e. The Bertz CT molecular complexity index is 565. The highest BCUT2D eigenvalue weighted by Gasteiger charge is 2.32. The van der Waals surface area contributed by atoms with Gasteiger partial charge in [-0.3, -0.25) is 4.68 Å². The average Bonchev–Trinajstić information content (AvgIpc) is 2.79. The predicted octanol–water partition coefficient (Wildman–Crippen LogP) is 3.10. The van der Waals surface area contributed by atoms with Crippen LogP contribution in [0, 0.1) is 0 Å². The van der Waals surface area contributed by atoms with E-state index in [4.69, 9.17) is 17.3 Å². The number of hydrogen-bond acceptors (Lipinski definition) is 2. The van der Waals surface area contributed by atoms with Gasteiger partial charge in [0, 0.05) is 17.8 Å². The molecule has 0 aliphatic rings. The summed E-state index contributed by atoms with van der Waals surface area (Å²) in [7, 11) is 0. The zero-order valence-corrected chi connectivity index (χ0v) is 10.5. The van der Waals surface area contributed by atoms with E-state index in [2.05, 4.69) is 5.10 Å². The summed E-state index contributed by atoms with van der Waals surface area (Å²) in [5, 5.41) is 4.23. The van der Waals surface area contributed by atoms with E-state index in [0.29, 0.717) is 10.6 Å². The van der Waals surface area contributed by atoms with E-state index in [-0.39, 0.29) is 6.54 Å². The van der Waals surface area contributed by atoms with E-state index in [1.807, 2.05) is 0 Å². The maximum absolute atomic E-state index is 12.5. The zero-order chi connectivity index (χ0) is 14.0. The Morgan fingerprint density at radius 1 is 1.37 bits per heavy atom. The standard InChI is InChI=1S/C12H11ClF3N3/c13-10-3-1-2-8(4-10)11(5-17)19-7-9(6-18-19)12(14,15)16/h1-4,6-7,11H,5,17H2. The Balaban J connectivity index is 2.35. The van der Waals surface area contributed by atoms with Crippen molar-refractivity contribution < 1.29 is 13.2 Å². The Kier molecular flexibility index (Phi) is 3.82. The summed E-state index contributed by atoms with van der Waals surface area (Å²) in [5.74, 6) is 0. The van der Waals surface area contributed by atoms with Crippen LogP contribution in [0.4, 0.5) is 13.2 Å². The molecule has 0 aliphatic carbocycles. The van der Waals surface area contributed by atoms with Crippen molar-refractivity contribution in [2.75, 3.05) is 6.54 Å². The number of halogens is 4. The number of hydrogen-bond donors (Lipinski definition) is 1. The minimum atomic E-state index is -4.41. The second-order valence-corrected chi connectivity index (χ2v) is 4.45. The Labute approximate surface area is 112 Å². The molecular weight excluding hydrogens is 279 g/mol. The van der Waals surface area contributed by atoms with Crippen molar-refractivity contribution in [1.82, 2.24) is 9.78 Å². The van der Waals surface area contributed by atoms with E-state index < -0.39 is 17.8 Å². The highest BCUT2D eigenvalue weighted by Crippen LogP contribution is 2.30. The monoisotopic (exact) mass is 289 g/mol. The van der Waals surface area contributed by atoms with Crippen molar-refractivity contribution in [1.29, 1.82) is 0 Å². The van der Waals surface area contributed by atoms with Gasteiger partial charge in [0.05, 0.1) is 17.8 Å². The summed E-state index contributed by atoms with van der Waals surface area (Å²) in [5.41, 5.74) is 5.54. The molecule has 1 unspecified atom stereocenters. The third-order valence-electron chi connectivity index (χ3n) is 2.70. The van der Waals surface area contributed by atoms with Gasteiger partial charge in [0.2, 0.25) is 0 Å². The van der Waals surface area contributed by atoms with Crippen molar-refractivity contribution in [3.63, 3.8) is 0 Å². The maximum Gasteiger partial charge on any atom is 0.419 e. The lowest BCUT2D eigenvalue weighted by Gasteiger charge is -2.16. The fourth-order valence-corrected chi connectivity index (χ4v) is 1.96. The van der Waals surface area contributed by atoms with E-state index in [1.165, 1.54) is 4.68 Å². The Morgan fingerprint density at radius 3 is 2.63 bits per heavy atom. The fraction of sp³-hybridized carbons (Fsp3) is 0.250. The summed E-state index contributed by atoms with van der Waals surface area (Å²) in [6, 6.07) is 6.33. The fourth-order valence-electron chi connectivity index (χ4n) is 1.77. The number of alkyl halides is 3. The van der Waals surface area contributed by atoms with Crippen LogP contribution < -0.4 is 5.73 Å². The number of benzene rings is 1. The molecule has 0 fully saturated rings. The van der Waals surface area contributed by atoms with Crippen molar-refractivity contribution in [3.8, 4) is 0 Å². The van der Waals surface area contributed by atoms with Gasteiger partial charge in [0.1, 0.15) is 0 Å². The van der Waals surface area contributed by atoms with Gasteiger partial charge in [-0.1, -0.05) is 23.7 Å². The van der Waals surface area contributed by atoms with Crippen LogP contribution in [-0.4, -0.2) is 16.3 Å². The molecule has 1 atom stereocenters. The van der Waals surface area contributed by atoms with Gasteiger partial charge in [-0.2, -0.15) is 18.3 Å². The summed E-state index contributed by atoms with van der Waals surface area (Å²) < 4.78 is 38.8. The SMILES string of the molecule is NCC(c1cccc(Cl)c1)n1cc(C(F)(F)F)cn1. The first-order valence-electron chi connectivity index (χ1n) is 5.48. The lowest BCUT2D eigenvalue weighted by atomic mass is 10.1. The molecule has 7 heteroatoms. The molecule has 1 aromatic heterocycles. The molecule has 19 heavy (non-hydrogen) atoms. The van der Waals surface area contributed by atoms with Crippen LogP contribution in [0.2, 0.25) is 5.02 Å². The van der Waals surface area contributed by atoms with Crippen LogP contribution in [0.1, 0.15) is 17.2 Å². The third-order valence-corrected chi connectivity index (χ3v) is 2.94. The number of nitrogens with zero attached hydrogens (tertiary/aromatic N) is 2. The molecule has 1 heterocycles. The van der Waals surface area contributed by atoms with Gasteiger partial charge in [-0.25, -0.2) is 0 Å². The second kappa shape index (κ2) is 5.22. The number of nitrogens with two attached hydrogens (primary N) is 1. The molecule has 0 bridgehead atoms. The molecule has 0 spiro atoms. The average molecular weight is 290 g/mol. The molecule has 0 aliphatic heterocycles. The van der Waals surface area contributed by atoms with Crippen LogP contribution in [0.25, 0.3) is 0 Å². The van der Waals surface area contributed by atoms with Crippen molar-refractivity contribution in [3.05, 3.63) is 52.8 Å². The largest absolute Gasteiger partial charge is 0.419 e. The molecule has 0 saturated carbocycles. The van der Waals surface area contributed by atoms with Gasteiger partial charge in [0.25, 0.3) is 0 Å². The minimum Gasteiger partial charge on any atom is -0.328 e. The highest BCUT2D eigenvalue weighted by molar-refractivity contribution is 6.30. The van der Waals surface area contributed by atoms with Gasteiger partial charge in [-0.15, -0.1) is 0 Å². The molecule has 2 N–H and O–H groups in total. The third kappa shape index (κ3) is 3.08. The normalized spacial score (nSPS) is 13.5. The first-order chi connectivity index (χ1) is 8.91. The van der Waals surface area contributed by atoms with Crippen LogP contribution >= 0.6 is 11.6 Å². The molecule has 0 amide bonds. The van der Waals surface area contributed by atoms with Crippen LogP contribution in [-0.2, 0) is 6.18 Å². The van der Waals surface area contributed by atoms with Crippen LogP contribution in [0.5, 0.6) is 0 Å². The molecular formula is C12H11ClF3N3. The van der Waals surface area contributed by atoms with Crippen LogP contribution in [0.15, 0.2) is 36.7 Å². The first-order valence-corrected chi connectivity index (χ1v) is 5.86. The van der Waals surface area contributed by atoms with Crippen molar-refractivity contribution in [2.45, 2.75) is 12.2 Å². The minimum absolute atomic E-state index is 0.124. The lowest BCUT2D eigenvalue weighted by Crippen LogP contribution is -2.21. The maximum atomic E-state index is 12.5. The quantitative estimate of drug-likeness (QED) is 0.943. The topological polar surface area (TPSA) is 43.8 Å². The molecule has 1 aromatic carbocycles. The zero-order valence-electron chi connectivity index (χ0n) is 9.73. The molecule has 2 aromatic rings. The van der Waals surface area contributed by atoms with E-state index >= 15 is 0 Å². The Hall–Kier alpha value is -1.53. The van der Waals surface area contributed by atoms with Crippen molar-refractivity contribution in [2.24, 2.45) is 5.73 Å². The summed E-state index contributed by atoms with van der Waals surface area (Å²) in [4.78, 5) is 0. The second-order valence-electron chi connectivity index (χ2n) is 4.01. The molecule has 0 radical (unpaired) electrons. The highest BCUT2D eigenvalue weighted by atomic mass is 35.5. The summed E-state index contributed by atoms with van der Waals surface area (Å²) in [6.45, 7) is 0.124. The summed E-state index contributed by atoms with van der Waals surface area (Å²) >= 11 is 5.86. The summed E-state index contributed by atoms with van der Waals surface area (Å²) in [6.07, 6.45) is -2.68. The number of rotatable bonds is 3. The lowest BCUT2D eigenvalue weighted by molar-refractivity contribution is -0.137. The first kappa shape index (κ1) is 13.9. The molecule has 3 nitrogen and oxygen atoms in total. The van der Waals surface area contributed by atoms with Gasteiger partial charge in [0.15, 0.2) is 0 Å². The van der Waals surface area contributed by atoms with Gasteiger partial charge >= 0.3 is 6.18 Å². The van der Waals surface area contributed by atoms with E-state index in [9.17, 15) is 13.2 Å². The van der Waals surface area contributed by atoms with E-state index in [1.54, 1.807) is 24.3 Å².